The second kappa shape index (κ2) is 8.79. The Bertz CT molecular complexity index is 1150. The van der Waals surface area contributed by atoms with Crippen molar-refractivity contribution in [3.05, 3.63) is 105 Å². The van der Waals surface area contributed by atoms with Crippen LogP contribution in [0.4, 0.5) is 4.39 Å². The number of benzene rings is 2. The number of nitrogens with zero attached hydrogens (tertiary/aromatic N) is 2. The zero-order chi connectivity index (χ0) is 20.8. The monoisotopic (exact) mass is 396 g/mol. The largest absolute Gasteiger partial charge is 0.331 e. The highest BCUT2D eigenvalue weighted by Gasteiger charge is 2.14. The molecular formula is C20H17FN4O4. The van der Waals surface area contributed by atoms with Crippen molar-refractivity contribution in [2.75, 3.05) is 0 Å². The van der Waals surface area contributed by atoms with Crippen LogP contribution in [-0.4, -0.2) is 20.9 Å². The average Bonchev–Trinajstić information content (AvgIpc) is 2.72. The Hall–Kier alpha value is -4.01. The molecule has 8 nitrogen and oxygen atoms in total. The lowest BCUT2D eigenvalue weighted by Crippen LogP contribution is -2.47. The molecule has 2 N–H and O–H groups in total. The number of amides is 2. The number of carbonyl (C=O) groups excluding carboxylic acids is 2. The van der Waals surface area contributed by atoms with Crippen molar-refractivity contribution >= 4 is 11.8 Å². The second-order valence-corrected chi connectivity index (χ2v) is 6.12. The van der Waals surface area contributed by atoms with Gasteiger partial charge in [-0.15, -0.1) is 0 Å². The maximum absolute atomic E-state index is 13.6. The highest BCUT2D eigenvalue weighted by atomic mass is 19.1. The molecule has 0 spiro atoms. The zero-order valence-electron chi connectivity index (χ0n) is 15.2. The molecule has 2 aromatic carbocycles. The van der Waals surface area contributed by atoms with E-state index in [-0.39, 0.29) is 12.1 Å². The van der Waals surface area contributed by atoms with E-state index in [2.05, 4.69) is 10.9 Å². The van der Waals surface area contributed by atoms with Crippen LogP contribution in [0.2, 0.25) is 0 Å². The summed E-state index contributed by atoms with van der Waals surface area (Å²) in [7, 11) is 0. The van der Waals surface area contributed by atoms with Gasteiger partial charge < -0.3 is 0 Å². The summed E-state index contributed by atoms with van der Waals surface area (Å²) in [5, 5.41) is 0. The standard InChI is InChI=1S/C20H17FN4O4/c21-16-9-5-4-8-15(16)19(28)23-22-17(26)13-25-18(27)10-11-24(20(25)29)12-14-6-2-1-3-7-14/h1-11H,12-13H2,(H,22,26)(H,23,28). The number of halogens is 1. The summed E-state index contributed by atoms with van der Waals surface area (Å²) in [6.45, 7) is -0.379. The van der Waals surface area contributed by atoms with Gasteiger partial charge in [-0.05, 0) is 17.7 Å². The molecule has 0 radical (unpaired) electrons. The number of nitrogens with one attached hydrogen (secondary N) is 2. The van der Waals surface area contributed by atoms with Gasteiger partial charge in [-0.1, -0.05) is 42.5 Å². The van der Waals surface area contributed by atoms with E-state index in [4.69, 9.17) is 0 Å². The molecule has 9 heteroatoms. The van der Waals surface area contributed by atoms with E-state index in [9.17, 15) is 23.6 Å². The van der Waals surface area contributed by atoms with Gasteiger partial charge in [0.2, 0.25) is 0 Å². The summed E-state index contributed by atoms with van der Waals surface area (Å²) in [4.78, 5) is 48.6. The van der Waals surface area contributed by atoms with Crippen LogP contribution < -0.4 is 22.1 Å². The topological polar surface area (TPSA) is 102 Å². The Kier molecular flexibility index (Phi) is 5.98. The van der Waals surface area contributed by atoms with Crippen LogP contribution in [0.5, 0.6) is 0 Å². The lowest BCUT2D eigenvalue weighted by atomic mass is 10.2. The van der Waals surface area contributed by atoms with Gasteiger partial charge in [-0.3, -0.25) is 34.4 Å². The van der Waals surface area contributed by atoms with Crippen LogP contribution in [0.25, 0.3) is 0 Å². The van der Waals surface area contributed by atoms with Gasteiger partial charge >= 0.3 is 5.69 Å². The molecule has 3 aromatic rings. The minimum atomic E-state index is -0.863. The van der Waals surface area contributed by atoms with E-state index in [0.717, 1.165) is 16.2 Å². The van der Waals surface area contributed by atoms with Crippen molar-refractivity contribution in [3.8, 4) is 0 Å². The Balaban J connectivity index is 1.69. The van der Waals surface area contributed by atoms with Crippen molar-refractivity contribution in [2.24, 2.45) is 0 Å². The van der Waals surface area contributed by atoms with Gasteiger partial charge in [0, 0.05) is 12.3 Å². The van der Waals surface area contributed by atoms with E-state index >= 15 is 0 Å². The molecule has 0 fully saturated rings. The Morgan fingerprint density at radius 1 is 0.897 bits per heavy atom. The molecule has 0 aliphatic rings. The van der Waals surface area contributed by atoms with Crippen molar-refractivity contribution in [3.63, 3.8) is 0 Å². The number of rotatable bonds is 5. The quantitative estimate of drug-likeness (QED) is 0.619. The molecule has 29 heavy (non-hydrogen) atoms. The molecule has 2 amide bonds. The molecule has 1 heterocycles. The first kappa shape index (κ1) is 19.7. The summed E-state index contributed by atoms with van der Waals surface area (Å²) in [5.41, 5.74) is 3.38. The number of hydrazine groups is 1. The van der Waals surface area contributed by atoms with Crippen LogP contribution in [0.3, 0.4) is 0 Å². The van der Waals surface area contributed by atoms with Crippen molar-refractivity contribution < 1.29 is 14.0 Å². The van der Waals surface area contributed by atoms with Crippen LogP contribution in [0.15, 0.2) is 76.4 Å². The fourth-order valence-corrected chi connectivity index (χ4v) is 2.63. The lowest BCUT2D eigenvalue weighted by Gasteiger charge is -2.11. The number of hydrogen-bond acceptors (Lipinski definition) is 4. The second-order valence-electron chi connectivity index (χ2n) is 6.12. The van der Waals surface area contributed by atoms with Gasteiger partial charge in [0.15, 0.2) is 0 Å². The average molecular weight is 396 g/mol. The summed E-state index contributed by atoms with van der Waals surface area (Å²) >= 11 is 0. The van der Waals surface area contributed by atoms with Crippen molar-refractivity contribution in [2.45, 2.75) is 13.1 Å². The SMILES string of the molecule is O=C(Cn1c(=O)ccn(Cc2ccccc2)c1=O)NNC(=O)c1ccccc1F. The smallest absolute Gasteiger partial charge is 0.296 e. The fraction of sp³-hybridized carbons (Fsp3) is 0.100. The third-order valence-electron chi connectivity index (χ3n) is 4.07. The van der Waals surface area contributed by atoms with Gasteiger partial charge in [-0.25, -0.2) is 9.18 Å². The third kappa shape index (κ3) is 4.83. The van der Waals surface area contributed by atoms with Crippen LogP contribution in [0.1, 0.15) is 15.9 Å². The maximum Gasteiger partial charge on any atom is 0.331 e. The van der Waals surface area contributed by atoms with Crippen LogP contribution >= 0.6 is 0 Å². The summed E-state index contributed by atoms with van der Waals surface area (Å²) < 4.78 is 15.6. The minimum Gasteiger partial charge on any atom is -0.296 e. The van der Waals surface area contributed by atoms with Crippen molar-refractivity contribution in [1.82, 2.24) is 20.0 Å². The predicted molar refractivity (Wildman–Crippen MR) is 103 cm³/mol. The van der Waals surface area contributed by atoms with Crippen LogP contribution in [-0.2, 0) is 17.9 Å². The fourth-order valence-electron chi connectivity index (χ4n) is 2.63. The Labute approximate surface area is 164 Å². The van der Waals surface area contributed by atoms with Crippen LogP contribution in [0, 0.1) is 5.82 Å². The van der Waals surface area contributed by atoms with E-state index < -0.39 is 35.4 Å². The highest BCUT2D eigenvalue weighted by Crippen LogP contribution is 2.05. The first-order valence-electron chi connectivity index (χ1n) is 8.63. The number of hydrogen-bond donors (Lipinski definition) is 2. The molecule has 0 aliphatic heterocycles. The van der Waals surface area contributed by atoms with E-state index in [1.807, 2.05) is 30.3 Å². The highest BCUT2D eigenvalue weighted by molar-refractivity contribution is 5.95. The molecule has 0 bridgehead atoms. The molecule has 0 saturated carbocycles. The predicted octanol–water partition coefficient (Wildman–Crippen LogP) is 0.659. The Morgan fingerprint density at radius 3 is 2.31 bits per heavy atom. The first-order valence-corrected chi connectivity index (χ1v) is 8.63. The summed E-state index contributed by atoms with van der Waals surface area (Å²) in [6.07, 6.45) is 1.35. The number of carbonyl (C=O) groups is 2. The molecule has 0 atom stereocenters. The molecule has 0 aliphatic carbocycles. The number of aromatic nitrogens is 2. The Morgan fingerprint density at radius 2 is 1.59 bits per heavy atom. The lowest BCUT2D eigenvalue weighted by molar-refractivity contribution is -0.122. The molecule has 3 rings (SSSR count). The normalized spacial score (nSPS) is 10.4. The van der Waals surface area contributed by atoms with E-state index in [1.54, 1.807) is 0 Å². The first-order chi connectivity index (χ1) is 14.0. The van der Waals surface area contributed by atoms with Gasteiger partial charge in [0.1, 0.15) is 12.4 Å². The zero-order valence-corrected chi connectivity index (χ0v) is 15.2. The summed E-state index contributed by atoms with van der Waals surface area (Å²) in [5.74, 6) is -2.42. The third-order valence-corrected chi connectivity index (χ3v) is 4.07. The molecule has 1 aromatic heterocycles. The minimum absolute atomic E-state index is 0.228. The van der Waals surface area contributed by atoms with Gasteiger partial charge in [-0.2, -0.15) is 0 Å². The maximum atomic E-state index is 13.6. The van der Waals surface area contributed by atoms with Gasteiger partial charge in [0.25, 0.3) is 17.4 Å². The molecule has 0 unspecified atom stereocenters. The summed E-state index contributed by atoms with van der Waals surface area (Å²) in [6, 6.07) is 15.6. The molecular weight excluding hydrogens is 379 g/mol. The van der Waals surface area contributed by atoms with Gasteiger partial charge in [0.05, 0.1) is 12.1 Å². The van der Waals surface area contributed by atoms with E-state index in [0.29, 0.717) is 0 Å². The van der Waals surface area contributed by atoms with E-state index in [1.165, 1.54) is 35.0 Å². The molecule has 0 saturated heterocycles. The molecule has 148 valence electrons. The van der Waals surface area contributed by atoms with Crippen molar-refractivity contribution in [1.29, 1.82) is 0 Å².